The molecule has 0 aliphatic rings. The van der Waals surface area contributed by atoms with E-state index < -0.39 is 5.97 Å². The van der Waals surface area contributed by atoms with Crippen LogP contribution in [0.5, 0.6) is 5.75 Å². The molecule has 1 aromatic heterocycles. The molecule has 3 rings (SSSR count). The second kappa shape index (κ2) is 5.85. The molecule has 110 valence electrons. The van der Waals surface area contributed by atoms with E-state index in [1.807, 2.05) is 48.5 Å². The van der Waals surface area contributed by atoms with E-state index in [0.717, 1.165) is 27.8 Å². The third-order valence-corrected chi connectivity index (χ3v) is 3.48. The van der Waals surface area contributed by atoms with Gasteiger partial charge in [-0.25, -0.2) is 9.78 Å². The number of pyridine rings is 1. The van der Waals surface area contributed by atoms with E-state index >= 15 is 0 Å². The number of carbonyl (C=O) groups is 1. The average Bonchev–Trinajstić information content (AvgIpc) is 2.60. The fourth-order valence-corrected chi connectivity index (χ4v) is 2.38. The molecule has 2 aromatic carbocycles. The summed E-state index contributed by atoms with van der Waals surface area (Å²) in [6, 6.07) is 17.2. The summed E-state index contributed by atoms with van der Waals surface area (Å²) in [7, 11) is 2.98. The molecule has 0 atom stereocenters. The highest BCUT2D eigenvalue weighted by atomic mass is 16.5. The van der Waals surface area contributed by atoms with Crippen LogP contribution in [0.4, 0.5) is 0 Å². The van der Waals surface area contributed by atoms with Crippen molar-refractivity contribution in [3.8, 4) is 17.0 Å². The zero-order valence-electron chi connectivity index (χ0n) is 12.4. The molecule has 4 heteroatoms. The Labute approximate surface area is 128 Å². The van der Waals surface area contributed by atoms with Gasteiger partial charge in [-0.3, -0.25) is 0 Å². The molecule has 0 bridgehead atoms. The van der Waals surface area contributed by atoms with Crippen LogP contribution in [-0.2, 0) is 4.74 Å². The van der Waals surface area contributed by atoms with E-state index in [-0.39, 0.29) is 0 Å². The van der Waals surface area contributed by atoms with Gasteiger partial charge in [0.05, 0.1) is 19.9 Å². The Kier molecular flexibility index (Phi) is 3.74. The van der Waals surface area contributed by atoms with Crippen LogP contribution in [0.25, 0.3) is 22.0 Å². The Morgan fingerprint density at radius 3 is 2.45 bits per heavy atom. The molecule has 0 N–H and O–H groups in total. The molecule has 0 spiro atoms. The second-order valence-electron chi connectivity index (χ2n) is 4.80. The van der Waals surface area contributed by atoms with Crippen LogP contribution in [0.3, 0.4) is 0 Å². The van der Waals surface area contributed by atoms with Gasteiger partial charge in [0.2, 0.25) is 0 Å². The van der Waals surface area contributed by atoms with Crippen LogP contribution in [0, 0.1) is 0 Å². The highest BCUT2D eigenvalue weighted by Crippen LogP contribution is 2.30. The summed E-state index contributed by atoms with van der Waals surface area (Å²) < 4.78 is 10.1. The van der Waals surface area contributed by atoms with Gasteiger partial charge in [0, 0.05) is 10.9 Å². The monoisotopic (exact) mass is 293 g/mol. The van der Waals surface area contributed by atoms with Crippen LogP contribution in [0.2, 0.25) is 0 Å². The predicted octanol–water partition coefficient (Wildman–Crippen LogP) is 3.70. The zero-order chi connectivity index (χ0) is 15.5. The van der Waals surface area contributed by atoms with Gasteiger partial charge in [-0.1, -0.05) is 36.4 Å². The first-order valence-electron chi connectivity index (χ1n) is 6.85. The summed E-state index contributed by atoms with van der Waals surface area (Å²) >= 11 is 0. The predicted molar refractivity (Wildman–Crippen MR) is 85.1 cm³/mol. The molecule has 0 saturated heterocycles. The summed E-state index contributed by atoms with van der Waals surface area (Å²) in [5.41, 5.74) is 1.96. The number of nitrogens with zero attached hydrogens (tertiary/aromatic N) is 1. The zero-order valence-corrected chi connectivity index (χ0v) is 12.4. The fraction of sp³-hybridized carbons (Fsp3) is 0.111. The van der Waals surface area contributed by atoms with Crippen LogP contribution < -0.4 is 4.74 Å². The normalized spacial score (nSPS) is 10.5. The van der Waals surface area contributed by atoms with Gasteiger partial charge in [0.15, 0.2) is 0 Å². The van der Waals surface area contributed by atoms with E-state index in [9.17, 15) is 4.79 Å². The highest BCUT2D eigenvalue weighted by molar-refractivity contribution is 6.00. The largest absolute Gasteiger partial charge is 0.497 e. The van der Waals surface area contributed by atoms with Gasteiger partial charge in [0.25, 0.3) is 0 Å². The lowest BCUT2D eigenvalue weighted by molar-refractivity contribution is 0.0594. The second-order valence-corrected chi connectivity index (χ2v) is 4.80. The van der Waals surface area contributed by atoms with Gasteiger partial charge >= 0.3 is 5.97 Å². The number of methoxy groups -OCH3 is 2. The van der Waals surface area contributed by atoms with Crippen molar-refractivity contribution in [3.63, 3.8) is 0 Å². The first-order chi connectivity index (χ1) is 10.7. The van der Waals surface area contributed by atoms with Gasteiger partial charge in [0.1, 0.15) is 11.4 Å². The van der Waals surface area contributed by atoms with Crippen LogP contribution in [-0.4, -0.2) is 25.2 Å². The number of esters is 1. The Bertz CT molecular complexity index is 828. The third-order valence-electron chi connectivity index (χ3n) is 3.48. The number of fused-ring (bicyclic) bond motifs is 1. The van der Waals surface area contributed by atoms with Crippen LogP contribution in [0.1, 0.15) is 10.5 Å². The standard InChI is InChI=1S/C18H15NO3/c1-21-14-9-8-13-10-16(18(20)22-2)19-17(15(13)11-14)12-6-4-3-5-7-12/h3-11H,1-2H3. The summed E-state index contributed by atoms with van der Waals surface area (Å²) in [6.45, 7) is 0. The molecule has 0 fully saturated rings. The number of hydrogen-bond acceptors (Lipinski definition) is 4. The number of hydrogen-bond donors (Lipinski definition) is 0. The number of benzene rings is 2. The third kappa shape index (κ3) is 2.51. The number of ether oxygens (including phenoxy) is 2. The molecule has 0 amide bonds. The van der Waals surface area contributed by atoms with Crippen LogP contribution in [0.15, 0.2) is 54.6 Å². The minimum atomic E-state index is -0.449. The number of rotatable bonds is 3. The van der Waals surface area contributed by atoms with E-state index in [1.54, 1.807) is 13.2 Å². The van der Waals surface area contributed by atoms with Gasteiger partial charge in [-0.15, -0.1) is 0 Å². The molecule has 0 saturated carbocycles. The lowest BCUT2D eigenvalue weighted by atomic mass is 10.0. The molecule has 22 heavy (non-hydrogen) atoms. The van der Waals surface area contributed by atoms with Gasteiger partial charge < -0.3 is 9.47 Å². The van der Waals surface area contributed by atoms with Crippen molar-refractivity contribution in [3.05, 3.63) is 60.3 Å². The summed E-state index contributed by atoms with van der Waals surface area (Å²) in [6.07, 6.45) is 0. The molecule has 0 aliphatic carbocycles. The maximum atomic E-state index is 11.9. The van der Waals surface area contributed by atoms with E-state index in [1.165, 1.54) is 7.11 Å². The minimum absolute atomic E-state index is 0.291. The van der Waals surface area contributed by atoms with Crippen molar-refractivity contribution in [2.45, 2.75) is 0 Å². The first kappa shape index (κ1) is 14.1. The smallest absolute Gasteiger partial charge is 0.356 e. The fourth-order valence-electron chi connectivity index (χ4n) is 2.38. The lowest BCUT2D eigenvalue weighted by Crippen LogP contribution is -2.05. The molecule has 3 aromatic rings. The van der Waals surface area contributed by atoms with Crippen molar-refractivity contribution in [2.75, 3.05) is 14.2 Å². The Balaban J connectivity index is 2.32. The molecule has 0 radical (unpaired) electrons. The highest BCUT2D eigenvalue weighted by Gasteiger charge is 2.14. The lowest BCUT2D eigenvalue weighted by Gasteiger charge is -2.10. The molecule has 0 unspecified atom stereocenters. The topological polar surface area (TPSA) is 48.4 Å². The molecule has 4 nitrogen and oxygen atoms in total. The molecule has 0 aliphatic heterocycles. The average molecular weight is 293 g/mol. The SMILES string of the molecule is COC(=O)c1cc2ccc(OC)cc2c(-c2ccccc2)n1. The molecule has 1 heterocycles. The summed E-state index contributed by atoms with van der Waals surface area (Å²) in [5, 5.41) is 1.84. The van der Waals surface area contributed by atoms with Gasteiger partial charge in [-0.05, 0) is 23.6 Å². The van der Waals surface area contributed by atoms with Gasteiger partial charge in [-0.2, -0.15) is 0 Å². The summed E-state index contributed by atoms with van der Waals surface area (Å²) in [5.74, 6) is 0.298. The number of carbonyl (C=O) groups excluding carboxylic acids is 1. The van der Waals surface area contributed by atoms with Crippen molar-refractivity contribution in [1.82, 2.24) is 4.98 Å². The first-order valence-corrected chi connectivity index (χ1v) is 6.85. The Hall–Kier alpha value is -2.88. The maximum absolute atomic E-state index is 11.9. The van der Waals surface area contributed by atoms with Crippen molar-refractivity contribution in [1.29, 1.82) is 0 Å². The Morgan fingerprint density at radius 1 is 1.00 bits per heavy atom. The van der Waals surface area contributed by atoms with E-state index in [2.05, 4.69) is 4.98 Å². The van der Waals surface area contributed by atoms with Crippen molar-refractivity contribution in [2.24, 2.45) is 0 Å². The van der Waals surface area contributed by atoms with Crippen molar-refractivity contribution < 1.29 is 14.3 Å². The molecular weight excluding hydrogens is 278 g/mol. The maximum Gasteiger partial charge on any atom is 0.356 e. The minimum Gasteiger partial charge on any atom is -0.497 e. The van der Waals surface area contributed by atoms with E-state index in [0.29, 0.717) is 5.69 Å². The quantitative estimate of drug-likeness (QED) is 0.691. The Morgan fingerprint density at radius 2 is 1.77 bits per heavy atom. The van der Waals surface area contributed by atoms with Crippen molar-refractivity contribution >= 4 is 16.7 Å². The molecular formula is C18H15NO3. The van der Waals surface area contributed by atoms with Crippen LogP contribution >= 0.6 is 0 Å². The summed E-state index contributed by atoms with van der Waals surface area (Å²) in [4.78, 5) is 16.3. The van der Waals surface area contributed by atoms with E-state index in [4.69, 9.17) is 9.47 Å². The number of aromatic nitrogens is 1.